The third kappa shape index (κ3) is 2.56. The Morgan fingerprint density at radius 3 is 2.11 bits per heavy atom. The van der Waals surface area contributed by atoms with Gasteiger partial charge in [0.05, 0.1) is 11.9 Å². The molecule has 0 aliphatic rings. The van der Waals surface area contributed by atoms with Gasteiger partial charge in [0.1, 0.15) is 5.82 Å². The largest absolute Gasteiger partial charge is 0.341 e. The van der Waals surface area contributed by atoms with E-state index in [0.29, 0.717) is 5.75 Å². The third-order valence-electron chi connectivity index (χ3n) is 3.08. The molecule has 19 heavy (non-hydrogen) atoms. The van der Waals surface area contributed by atoms with Crippen LogP contribution >= 0.6 is 12.6 Å². The maximum Gasteiger partial charge on any atom is 0.116 e. The Morgan fingerprint density at radius 1 is 0.842 bits per heavy atom. The number of aromatic amines is 1. The number of nitrogens with one attached hydrogen (secondary N) is 1. The molecule has 0 aliphatic heterocycles. The van der Waals surface area contributed by atoms with Gasteiger partial charge >= 0.3 is 0 Å². The molecule has 0 amide bonds. The molecule has 0 fully saturated rings. The first kappa shape index (κ1) is 12.1. The average molecular weight is 266 g/mol. The quantitative estimate of drug-likeness (QED) is 0.684. The van der Waals surface area contributed by atoms with Crippen LogP contribution in [0.5, 0.6) is 0 Å². The van der Waals surface area contributed by atoms with Crippen molar-refractivity contribution in [3.63, 3.8) is 0 Å². The number of imidazole rings is 1. The number of hydrogen-bond donors (Lipinski definition) is 2. The van der Waals surface area contributed by atoms with Crippen molar-refractivity contribution in [2.24, 2.45) is 0 Å². The van der Waals surface area contributed by atoms with Crippen molar-refractivity contribution in [2.75, 3.05) is 0 Å². The van der Waals surface area contributed by atoms with Crippen LogP contribution in [-0.2, 0) is 5.75 Å². The van der Waals surface area contributed by atoms with Gasteiger partial charge in [-0.2, -0.15) is 12.6 Å². The summed E-state index contributed by atoms with van der Waals surface area (Å²) >= 11 is 4.21. The molecule has 0 radical (unpaired) electrons. The van der Waals surface area contributed by atoms with Crippen LogP contribution in [0.1, 0.15) is 5.82 Å². The third-order valence-corrected chi connectivity index (χ3v) is 3.38. The number of rotatable bonds is 3. The molecule has 0 unspecified atom stereocenters. The number of hydrogen-bond acceptors (Lipinski definition) is 2. The molecule has 3 rings (SSSR count). The molecular weight excluding hydrogens is 252 g/mol. The van der Waals surface area contributed by atoms with E-state index in [1.807, 2.05) is 12.3 Å². The Bertz CT molecular complexity index is 657. The minimum atomic E-state index is 0.627. The highest BCUT2D eigenvalue weighted by Gasteiger charge is 2.03. The summed E-state index contributed by atoms with van der Waals surface area (Å²) in [5.74, 6) is 1.52. The molecule has 94 valence electrons. The smallest absolute Gasteiger partial charge is 0.116 e. The van der Waals surface area contributed by atoms with Crippen LogP contribution in [0, 0.1) is 0 Å². The maximum absolute atomic E-state index is 4.26. The van der Waals surface area contributed by atoms with E-state index in [0.717, 1.165) is 17.1 Å². The first-order valence-corrected chi connectivity index (χ1v) is 6.80. The summed E-state index contributed by atoms with van der Waals surface area (Å²) in [5.41, 5.74) is 4.62. The van der Waals surface area contributed by atoms with E-state index in [4.69, 9.17) is 0 Å². The van der Waals surface area contributed by atoms with Crippen LogP contribution in [0.4, 0.5) is 0 Å². The summed E-state index contributed by atoms with van der Waals surface area (Å²) in [6.07, 6.45) is 1.85. The highest BCUT2D eigenvalue weighted by Crippen LogP contribution is 2.23. The second-order valence-electron chi connectivity index (χ2n) is 4.35. The van der Waals surface area contributed by atoms with Crippen LogP contribution < -0.4 is 0 Å². The molecule has 3 aromatic rings. The average Bonchev–Trinajstić information content (AvgIpc) is 2.97. The van der Waals surface area contributed by atoms with Gasteiger partial charge in [0.25, 0.3) is 0 Å². The second kappa shape index (κ2) is 5.33. The Hall–Kier alpha value is -2.00. The molecule has 1 aromatic heterocycles. The molecule has 2 aromatic carbocycles. The molecule has 0 bridgehead atoms. The Balaban J connectivity index is 1.90. The summed E-state index contributed by atoms with van der Waals surface area (Å²) < 4.78 is 0. The summed E-state index contributed by atoms with van der Waals surface area (Å²) in [6.45, 7) is 0. The Morgan fingerprint density at radius 2 is 1.47 bits per heavy atom. The van der Waals surface area contributed by atoms with Crippen molar-refractivity contribution in [1.82, 2.24) is 9.97 Å². The summed E-state index contributed by atoms with van der Waals surface area (Å²) in [4.78, 5) is 7.51. The fraction of sp³-hybridized carbons (Fsp3) is 0.0625. The predicted octanol–water partition coefficient (Wildman–Crippen LogP) is 4.17. The first-order valence-electron chi connectivity index (χ1n) is 6.17. The van der Waals surface area contributed by atoms with Gasteiger partial charge < -0.3 is 4.98 Å². The van der Waals surface area contributed by atoms with E-state index in [1.165, 1.54) is 11.1 Å². The molecule has 0 saturated heterocycles. The SMILES string of the molecule is SCc1ncc(-c2ccc(-c3ccccc3)cc2)[nH]1. The Kier molecular flexibility index (Phi) is 3.38. The summed E-state index contributed by atoms with van der Waals surface area (Å²) in [7, 11) is 0. The van der Waals surface area contributed by atoms with Crippen LogP contribution in [0.3, 0.4) is 0 Å². The molecule has 3 heteroatoms. The Labute approximate surface area is 117 Å². The van der Waals surface area contributed by atoms with E-state index >= 15 is 0 Å². The van der Waals surface area contributed by atoms with E-state index in [-0.39, 0.29) is 0 Å². The van der Waals surface area contributed by atoms with E-state index in [9.17, 15) is 0 Å². The van der Waals surface area contributed by atoms with Crippen molar-refractivity contribution in [3.05, 3.63) is 66.6 Å². The van der Waals surface area contributed by atoms with Gasteiger partial charge in [-0.15, -0.1) is 0 Å². The van der Waals surface area contributed by atoms with Crippen LogP contribution in [0.2, 0.25) is 0 Å². The lowest BCUT2D eigenvalue weighted by Crippen LogP contribution is -1.82. The van der Waals surface area contributed by atoms with Gasteiger partial charge in [-0.1, -0.05) is 54.6 Å². The van der Waals surface area contributed by atoms with Gasteiger partial charge in [0.2, 0.25) is 0 Å². The van der Waals surface area contributed by atoms with Gasteiger partial charge in [-0.3, -0.25) is 0 Å². The number of aromatic nitrogens is 2. The molecule has 0 spiro atoms. The first-order chi connectivity index (χ1) is 9.36. The molecule has 0 atom stereocenters. The number of thiol groups is 1. The van der Waals surface area contributed by atoms with Crippen LogP contribution in [-0.4, -0.2) is 9.97 Å². The fourth-order valence-corrected chi connectivity index (χ4v) is 2.22. The number of H-pyrrole nitrogens is 1. The lowest BCUT2D eigenvalue weighted by atomic mass is 10.0. The zero-order chi connectivity index (χ0) is 13.1. The molecule has 1 heterocycles. The van der Waals surface area contributed by atoms with E-state index in [2.05, 4.69) is 71.1 Å². The lowest BCUT2D eigenvalue weighted by Gasteiger charge is -2.03. The summed E-state index contributed by atoms with van der Waals surface area (Å²) in [5, 5.41) is 0. The highest BCUT2D eigenvalue weighted by molar-refractivity contribution is 7.79. The highest BCUT2D eigenvalue weighted by atomic mass is 32.1. The number of nitrogens with zero attached hydrogens (tertiary/aromatic N) is 1. The zero-order valence-electron chi connectivity index (χ0n) is 10.4. The van der Waals surface area contributed by atoms with Gasteiger partial charge in [-0.25, -0.2) is 4.98 Å². The van der Waals surface area contributed by atoms with E-state index < -0.39 is 0 Å². The minimum Gasteiger partial charge on any atom is -0.341 e. The molecule has 2 nitrogen and oxygen atoms in total. The molecule has 1 N–H and O–H groups in total. The van der Waals surface area contributed by atoms with Crippen molar-refractivity contribution in [3.8, 4) is 22.4 Å². The number of benzene rings is 2. The van der Waals surface area contributed by atoms with Crippen LogP contribution in [0.15, 0.2) is 60.8 Å². The van der Waals surface area contributed by atoms with Gasteiger partial charge in [0, 0.05) is 5.75 Å². The molecular formula is C16H14N2S. The monoisotopic (exact) mass is 266 g/mol. The van der Waals surface area contributed by atoms with E-state index in [1.54, 1.807) is 0 Å². The normalized spacial score (nSPS) is 10.6. The van der Waals surface area contributed by atoms with Gasteiger partial charge in [0.15, 0.2) is 0 Å². The van der Waals surface area contributed by atoms with Crippen molar-refractivity contribution in [1.29, 1.82) is 0 Å². The topological polar surface area (TPSA) is 28.7 Å². The minimum absolute atomic E-state index is 0.627. The zero-order valence-corrected chi connectivity index (χ0v) is 11.3. The van der Waals surface area contributed by atoms with Crippen molar-refractivity contribution in [2.45, 2.75) is 5.75 Å². The van der Waals surface area contributed by atoms with Crippen molar-refractivity contribution >= 4 is 12.6 Å². The second-order valence-corrected chi connectivity index (χ2v) is 4.66. The van der Waals surface area contributed by atoms with Crippen LogP contribution in [0.25, 0.3) is 22.4 Å². The van der Waals surface area contributed by atoms with Gasteiger partial charge in [-0.05, 0) is 16.7 Å². The fourth-order valence-electron chi connectivity index (χ4n) is 2.06. The molecule has 0 aliphatic carbocycles. The lowest BCUT2D eigenvalue weighted by molar-refractivity contribution is 1.13. The maximum atomic E-state index is 4.26. The summed E-state index contributed by atoms with van der Waals surface area (Å²) in [6, 6.07) is 18.8. The van der Waals surface area contributed by atoms with Crippen molar-refractivity contribution < 1.29 is 0 Å². The standard InChI is InChI=1S/C16H14N2S/c19-11-16-17-10-15(18-16)14-8-6-13(7-9-14)12-4-2-1-3-5-12/h1-10,19H,11H2,(H,17,18). The predicted molar refractivity (Wildman–Crippen MR) is 82.1 cm³/mol. The molecule has 0 saturated carbocycles.